The summed E-state index contributed by atoms with van der Waals surface area (Å²) in [5, 5.41) is 15.3. The van der Waals surface area contributed by atoms with Crippen molar-refractivity contribution in [3.05, 3.63) is 17.5 Å². The zero-order valence-corrected chi connectivity index (χ0v) is 16.0. The predicted molar refractivity (Wildman–Crippen MR) is 103 cm³/mol. The molecule has 13 heteroatoms. The number of rotatable bonds is 5. The lowest BCUT2D eigenvalue weighted by atomic mass is 10.2. The van der Waals surface area contributed by atoms with Crippen molar-refractivity contribution in [2.45, 2.75) is 31.3 Å². The van der Waals surface area contributed by atoms with Gasteiger partial charge in [0.1, 0.15) is 5.70 Å². The summed E-state index contributed by atoms with van der Waals surface area (Å²) >= 11 is 0. The van der Waals surface area contributed by atoms with Crippen molar-refractivity contribution >= 4 is 45.4 Å². The van der Waals surface area contributed by atoms with Crippen molar-refractivity contribution in [3.63, 3.8) is 0 Å². The minimum atomic E-state index is -3.05. The number of urea groups is 1. The number of carbonyl (C=O) groups is 2. The molecule has 152 valence electrons. The molecule has 1 aliphatic carbocycles. The van der Waals surface area contributed by atoms with Crippen molar-refractivity contribution < 1.29 is 18.0 Å². The molecule has 2 aromatic heterocycles. The Kier molecular flexibility index (Phi) is 3.94. The van der Waals surface area contributed by atoms with Crippen LogP contribution in [0.2, 0.25) is 0 Å². The Hall–Kier alpha value is -3.22. The lowest BCUT2D eigenvalue weighted by Gasteiger charge is -2.13. The Labute approximate surface area is 165 Å². The second-order valence-electron chi connectivity index (χ2n) is 7.34. The van der Waals surface area contributed by atoms with E-state index >= 15 is 0 Å². The predicted octanol–water partition coefficient (Wildman–Crippen LogP) is -0.522. The van der Waals surface area contributed by atoms with E-state index < -0.39 is 21.8 Å². The monoisotopic (exact) mass is 418 g/mol. The first-order chi connectivity index (χ1) is 13.9. The number of carbonyl (C=O) groups excluding carboxylic acids is 2. The zero-order valence-electron chi connectivity index (χ0n) is 15.2. The molecular weight excluding hydrogens is 400 g/mol. The first kappa shape index (κ1) is 17.8. The van der Waals surface area contributed by atoms with Crippen LogP contribution in [0, 0.1) is 0 Å². The fourth-order valence-electron chi connectivity index (χ4n) is 3.29. The minimum Gasteiger partial charge on any atom is -0.351 e. The summed E-state index contributed by atoms with van der Waals surface area (Å²) in [5.74, 6) is 0.399. The highest BCUT2D eigenvalue weighted by atomic mass is 32.2. The van der Waals surface area contributed by atoms with Crippen LogP contribution < -0.4 is 21.3 Å². The lowest BCUT2D eigenvalue weighted by Crippen LogP contribution is -2.23. The van der Waals surface area contributed by atoms with Crippen molar-refractivity contribution in [2.75, 3.05) is 22.1 Å². The molecule has 2 aromatic rings. The van der Waals surface area contributed by atoms with Gasteiger partial charge in [0.15, 0.2) is 15.5 Å². The highest BCUT2D eigenvalue weighted by molar-refractivity contribution is 7.91. The van der Waals surface area contributed by atoms with Gasteiger partial charge in [-0.1, -0.05) is 0 Å². The molecule has 29 heavy (non-hydrogen) atoms. The van der Waals surface area contributed by atoms with Gasteiger partial charge in [-0.15, -0.1) is 0 Å². The van der Waals surface area contributed by atoms with E-state index in [1.54, 1.807) is 0 Å². The van der Waals surface area contributed by atoms with Crippen LogP contribution in [-0.2, 0) is 14.6 Å². The van der Waals surface area contributed by atoms with E-state index in [0.29, 0.717) is 29.6 Å². The van der Waals surface area contributed by atoms with Gasteiger partial charge in [-0.3, -0.25) is 10.1 Å². The van der Waals surface area contributed by atoms with Crippen LogP contribution in [0.25, 0.3) is 11.7 Å². The minimum absolute atomic E-state index is 0.0370. The van der Waals surface area contributed by atoms with E-state index in [0.717, 1.165) is 12.8 Å². The summed E-state index contributed by atoms with van der Waals surface area (Å²) in [4.78, 5) is 32.1. The largest absolute Gasteiger partial charge is 0.351 e. The number of amides is 3. The van der Waals surface area contributed by atoms with E-state index in [1.165, 1.54) is 16.8 Å². The summed E-state index contributed by atoms with van der Waals surface area (Å²) in [6.07, 6.45) is 5.56. The Morgan fingerprint density at radius 3 is 2.59 bits per heavy atom. The number of imide groups is 1. The normalized spacial score (nSPS) is 24.7. The Bertz CT molecular complexity index is 1170. The molecular formula is C16H18N8O4S. The molecule has 2 aliphatic heterocycles. The SMILES string of the molecule is O=C1NC(=O)/C(=C/c2cnn3c(NC4CC4)nc(NC4CCS(=O)(=O)C4)nc23)N1. The summed E-state index contributed by atoms with van der Waals surface area (Å²) in [7, 11) is -3.05. The summed E-state index contributed by atoms with van der Waals surface area (Å²) in [6.45, 7) is 0. The number of hydrogen-bond donors (Lipinski definition) is 4. The van der Waals surface area contributed by atoms with Gasteiger partial charge >= 0.3 is 6.03 Å². The highest BCUT2D eigenvalue weighted by Crippen LogP contribution is 2.26. The van der Waals surface area contributed by atoms with Gasteiger partial charge in [0.05, 0.1) is 17.7 Å². The van der Waals surface area contributed by atoms with Gasteiger partial charge in [0.2, 0.25) is 11.9 Å². The number of nitrogens with zero attached hydrogens (tertiary/aromatic N) is 4. The van der Waals surface area contributed by atoms with Crippen LogP contribution >= 0.6 is 0 Å². The Morgan fingerprint density at radius 2 is 1.93 bits per heavy atom. The molecule has 0 aromatic carbocycles. The van der Waals surface area contributed by atoms with Crippen LogP contribution in [0.15, 0.2) is 11.9 Å². The van der Waals surface area contributed by atoms with E-state index in [-0.39, 0.29) is 29.2 Å². The average molecular weight is 418 g/mol. The molecule has 12 nitrogen and oxygen atoms in total. The molecule has 5 rings (SSSR count). The molecule has 0 bridgehead atoms. The number of fused-ring (bicyclic) bond motifs is 1. The molecule has 1 atom stereocenters. The maximum absolute atomic E-state index is 11.8. The first-order valence-corrected chi connectivity index (χ1v) is 11.0. The summed E-state index contributed by atoms with van der Waals surface area (Å²) in [5.41, 5.74) is 1.03. The van der Waals surface area contributed by atoms with Crippen LogP contribution in [0.3, 0.4) is 0 Å². The van der Waals surface area contributed by atoms with Crippen LogP contribution in [0.5, 0.6) is 0 Å². The second kappa shape index (κ2) is 6.40. The smallest absolute Gasteiger partial charge is 0.326 e. The molecule has 2 saturated heterocycles. The Morgan fingerprint density at radius 1 is 1.10 bits per heavy atom. The van der Waals surface area contributed by atoms with Gasteiger partial charge in [-0.05, 0) is 25.3 Å². The number of sulfone groups is 1. The molecule has 3 amide bonds. The molecule has 3 fully saturated rings. The maximum atomic E-state index is 11.8. The fourth-order valence-corrected chi connectivity index (χ4v) is 4.97. The van der Waals surface area contributed by atoms with Crippen LogP contribution in [0.1, 0.15) is 24.8 Å². The van der Waals surface area contributed by atoms with Gasteiger partial charge in [-0.25, -0.2) is 13.2 Å². The molecule has 4 N–H and O–H groups in total. The quantitative estimate of drug-likeness (QED) is 0.370. The molecule has 4 heterocycles. The number of nitrogens with one attached hydrogen (secondary N) is 4. The number of aromatic nitrogens is 4. The third kappa shape index (κ3) is 3.60. The molecule has 0 radical (unpaired) electrons. The summed E-state index contributed by atoms with van der Waals surface area (Å²) < 4.78 is 25.0. The van der Waals surface area contributed by atoms with E-state index in [9.17, 15) is 18.0 Å². The second-order valence-corrected chi connectivity index (χ2v) is 9.56. The third-order valence-corrected chi connectivity index (χ3v) is 6.66. The van der Waals surface area contributed by atoms with E-state index in [1.807, 2.05) is 0 Å². The van der Waals surface area contributed by atoms with Gasteiger partial charge in [0, 0.05) is 17.6 Å². The van der Waals surface area contributed by atoms with Crippen molar-refractivity contribution in [1.82, 2.24) is 30.2 Å². The topological polar surface area (TPSA) is 159 Å². The molecule has 0 spiro atoms. The molecule has 1 unspecified atom stereocenters. The first-order valence-electron chi connectivity index (χ1n) is 9.20. The number of anilines is 2. The van der Waals surface area contributed by atoms with Crippen LogP contribution in [0.4, 0.5) is 16.7 Å². The van der Waals surface area contributed by atoms with Gasteiger partial charge in [-0.2, -0.15) is 19.6 Å². The van der Waals surface area contributed by atoms with Crippen molar-refractivity contribution in [1.29, 1.82) is 0 Å². The lowest BCUT2D eigenvalue weighted by molar-refractivity contribution is -0.115. The Balaban J connectivity index is 1.53. The van der Waals surface area contributed by atoms with Gasteiger partial charge < -0.3 is 16.0 Å². The van der Waals surface area contributed by atoms with Crippen molar-refractivity contribution in [3.8, 4) is 0 Å². The fraction of sp³-hybridized carbons (Fsp3) is 0.438. The van der Waals surface area contributed by atoms with E-state index in [2.05, 4.69) is 36.3 Å². The van der Waals surface area contributed by atoms with Crippen molar-refractivity contribution in [2.24, 2.45) is 0 Å². The maximum Gasteiger partial charge on any atom is 0.326 e. The van der Waals surface area contributed by atoms with E-state index in [4.69, 9.17) is 0 Å². The standard InChI is InChI=1S/C16H18N8O4S/c25-13-11(20-16(26)22-13)5-8-6-17-24-12(8)21-14(23-15(24)19-9-1-2-9)18-10-3-4-29(27,28)7-10/h5-6,9-10H,1-4,7H2,(H2,18,19,21,23)(H2,20,22,25,26)/b11-5-. The average Bonchev–Trinajstić information content (AvgIpc) is 3.14. The highest BCUT2D eigenvalue weighted by Gasteiger charge is 2.30. The molecule has 3 aliphatic rings. The van der Waals surface area contributed by atoms with Gasteiger partial charge in [0.25, 0.3) is 5.91 Å². The summed E-state index contributed by atoms with van der Waals surface area (Å²) in [6, 6.07) is -0.548. The number of hydrogen-bond acceptors (Lipinski definition) is 9. The zero-order chi connectivity index (χ0) is 20.2. The van der Waals surface area contributed by atoms with Crippen LogP contribution in [-0.4, -0.2) is 63.5 Å². The third-order valence-electron chi connectivity index (χ3n) is 4.89. The molecule has 1 saturated carbocycles.